The van der Waals surface area contributed by atoms with Crippen LogP contribution >= 0.6 is 11.8 Å². The molecule has 17 heavy (non-hydrogen) atoms. The minimum atomic E-state index is 0.0537. The topological polar surface area (TPSA) is 29.5 Å². The first-order chi connectivity index (χ1) is 8.09. The van der Waals surface area contributed by atoms with Crippen LogP contribution in [0, 0.1) is 0 Å². The quantitative estimate of drug-likeness (QED) is 0.834. The Bertz CT molecular complexity index is 376. The van der Waals surface area contributed by atoms with Crippen LogP contribution in [-0.2, 0) is 11.3 Å². The first-order valence-electron chi connectivity index (χ1n) is 6.09. The minimum absolute atomic E-state index is 0.0537. The maximum Gasteiger partial charge on any atom is 0.0682 e. The fourth-order valence-electron chi connectivity index (χ4n) is 2.12. The van der Waals surface area contributed by atoms with E-state index in [4.69, 9.17) is 9.84 Å². The van der Waals surface area contributed by atoms with Crippen molar-refractivity contribution < 1.29 is 9.84 Å². The summed E-state index contributed by atoms with van der Waals surface area (Å²) in [5, 5.41) is 9.08. The molecule has 2 nitrogen and oxygen atoms in total. The van der Waals surface area contributed by atoms with Crippen molar-refractivity contribution in [3.8, 4) is 0 Å². The molecule has 3 heteroatoms. The van der Waals surface area contributed by atoms with Gasteiger partial charge in [0, 0.05) is 10.6 Å². The number of ether oxygens (including phenoxy) is 1. The van der Waals surface area contributed by atoms with Gasteiger partial charge in [0.05, 0.1) is 18.3 Å². The molecule has 0 radical (unpaired) electrons. The fourth-order valence-corrected chi connectivity index (χ4v) is 3.14. The van der Waals surface area contributed by atoms with Gasteiger partial charge in [0.15, 0.2) is 0 Å². The Morgan fingerprint density at radius 2 is 2.29 bits per heavy atom. The Morgan fingerprint density at radius 3 is 2.94 bits per heavy atom. The molecule has 0 bridgehead atoms. The largest absolute Gasteiger partial charge is 0.392 e. The van der Waals surface area contributed by atoms with E-state index in [1.807, 2.05) is 30.0 Å². The van der Waals surface area contributed by atoms with Crippen molar-refractivity contribution in [3.05, 3.63) is 29.8 Å². The van der Waals surface area contributed by atoms with Crippen LogP contribution in [0.2, 0.25) is 0 Å². The fraction of sp³-hybridized carbons (Fsp3) is 0.571. The highest BCUT2D eigenvalue weighted by Gasteiger charge is 2.31. The standard InChI is InChI=1S/C14H20O2S/c1-14(2)7-6-12(16-14)10-17-13-5-3-4-11(8-13)9-15/h3-5,8,12,15H,6-7,9-10H2,1-2H3. The van der Waals surface area contributed by atoms with Gasteiger partial charge < -0.3 is 9.84 Å². The molecule has 0 saturated carbocycles. The molecular formula is C14H20O2S. The van der Waals surface area contributed by atoms with E-state index in [2.05, 4.69) is 19.9 Å². The van der Waals surface area contributed by atoms with Crippen LogP contribution in [-0.4, -0.2) is 22.6 Å². The van der Waals surface area contributed by atoms with Gasteiger partial charge in [-0.05, 0) is 44.4 Å². The number of rotatable bonds is 4. The second kappa shape index (κ2) is 5.42. The van der Waals surface area contributed by atoms with E-state index in [-0.39, 0.29) is 12.2 Å². The second-order valence-corrected chi connectivity index (χ2v) is 6.25. The molecule has 1 aliphatic heterocycles. The van der Waals surface area contributed by atoms with E-state index >= 15 is 0 Å². The molecular weight excluding hydrogens is 232 g/mol. The van der Waals surface area contributed by atoms with Gasteiger partial charge >= 0.3 is 0 Å². The van der Waals surface area contributed by atoms with Crippen LogP contribution in [0.3, 0.4) is 0 Å². The highest BCUT2D eigenvalue weighted by Crippen LogP contribution is 2.32. The van der Waals surface area contributed by atoms with Crippen molar-refractivity contribution in [2.24, 2.45) is 0 Å². The van der Waals surface area contributed by atoms with Crippen molar-refractivity contribution in [1.82, 2.24) is 0 Å². The second-order valence-electron chi connectivity index (χ2n) is 5.15. The number of aliphatic hydroxyl groups is 1. The van der Waals surface area contributed by atoms with Gasteiger partial charge in [-0.1, -0.05) is 12.1 Å². The van der Waals surface area contributed by atoms with Crippen LogP contribution in [0.5, 0.6) is 0 Å². The lowest BCUT2D eigenvalue weighted by molar-refractivity contribution is -0.00466. The van der Waals surface area contributed by atoms with E-state index in [0.717, 1.165) is 24.2 Å². The Morgan fingerprint density at radius 1 is 1.47 bits per heavy atom. The monoisotopic (exact) mass is 252 g/mol. The zero-order valence-corrected chi connectivity index (χ0v) is 11.3. The zero-order chi connectivity index (χ0) is 12.3. The average Bonchev–Trinajstić information content (AvgIpc) is 2.67. The first kappa shape index (κ1) is 12.9. The van der Waals surface area contributed by atoms with Gasteiger partial charge in [-0.25, -0.2) is 0 Å². The molecule has 0 amide bonds. The molecule has 0 aromatic heterocycles. The number of aliphatic hydroxyl groups excluding tert-OH is 1. The first-order valence-corrected chi connectivity index (χ1v) is 7.08. The van der Waals surface area contributed by atoms with Gasteiger partial charge in [0.2, 0.25) is 0 Å². The van der Waals surface area contributed by atoms with Gasteiger partial charge in [0.25, 0.3) is 0 Å². The molecule has 1 aromatic carbocycles. The lowest BCUT2D eigenvalue weighted by atomic mass is 10.1. The summed E-state index contributed by atoms with van der Waals surface area (Å²) in [5.74, 6) is 0.998. The number of hydrogen-bond acceptors (Lipinski definition) is 3. The number of hydrogen-bond donors (Lipinski definition) is 1. The Balaban J connectivity index is 1.86. The van der Waals surface area contributed by atoms with Crippen LogP contribution in [0.4, 0.5) is 0 Å². The molecule has 1 atom stereocenters. The third-order valence-corrected chi connectivity index (χ3v) is 4.20. The highest BCUT2D eigenvalue weighted by atomic mass is 32.2. The summed E-state index contributed by atoms with van der Waals surface area (Å²) in [6.45, 7) is 4.43. The van der Waals surface area contributed by atoms with Gasteiger partial charge in [-0.2, -0.15) is 0 Å². The van der Waals surface area contributed by atoms with Crippen molar-refractivity contribution in [1.29, 1.82) is 0 Å². The lowest BCUT2D eigenvalue weighted by Gasteiger charge is -2.19. The van der Waals surface area contributed by atoms with Crippen molar-refractivity contribution in [3.63, 3.8) is 0 Å². The van der Waals surface area contributed by atoms with Crippen molar-refractivity contribution >= 4 is 11.8 Å². The van der Waals surface area contributed by atoms with Crippen molar-refractivity contribution in [2.75, 3.05) is 5.75 Å². The molecule has 0 aliphatic carbocycles. The summed E-state index contributed by atoms with van der Waals surface area (Å²) in [4.78, 5) is 1.21. The van der Waals surface area contributed by atoms with E-state index in [9.17, 15) is 0 Å². The normalized spacial score (nSPS) is 22.9. The molecule has 1 aliphatic rings. The van der Waals surface area contributed by atoms with Crippen LogP contribution in [0.15, 0.2) is 29.2 Å². The summed E-state index contributed by atoms with van der Waals surface area (Å²) in [5.41, 5.74) is 1.03. The lowest BCUT2D eigenvalue weighted by Crippen LogP contribution is -2.20. The highest BCUT2D eigenvalue weighted by molar-refractivity contribution is 7.99. The molecule has 0 spiro atoms. The number of benzene rings is 1. The molecule has 1 heterocycles. The summed E-state index contributed by atoms with van der Waals surface area (Å²) >= 11 is 1.81. The van der Waals surface area contributed by atoms with Gasteiger partial charge in [-0.15, -0.1) is 11.8 Å². The predicted octanol–water partition coefficient (Wildman–Crippen LogP) is 3.23. The van der Waals surface area contributed by atoms with E-state index in [1.54, 1.807) is 0 Å². The van der Waals surface area contributed by atoms with Gasteiger partial charge in [-0.3, -0.25) is 0 Å². The third-order valence-electron chi connectivity index (χ3n) is 3.07. The summed E-state index contributed by atoms with van der Waals surface area (Å²) < 4.78 is 5.96. The average molecular weight is 252 g/mol. The summed E-state index contributed by atoms with van der Waals surface area (Å²) in [6.07, 6.45) is 2.67. The molecule has 1 aromatic rings. The van der Waals surface area contributed by atoms with Crippen LogP contribution in [0.1, 0.15) is 32.3 Å². The molecule has 1 saturated heterocycles. The predicted molar refractivity (Wildman–Crippen MR) is 71.3 cm³/mol. The molecule has 2 rings (SSSR count). The zero-order valence-electron chi connectivity index (χ0n) is 10.5. The molecule has 94 valence electrons. The van der Waals surface area contributed by atoms with Crippen LogP contribution < -0.4 is 0 Å². The number of thioether (sulfide) groups is 1. The van der Waals surface area contributed by atoms with Gasteiger partial charge in [0.1, 0.15) is 0 Å². The van der Waals surface area contributed by atoms with Crippen molar-refractivity contribution in [2.45, 2.75) is 49.9 Å². The summed E-state index contributed by atoms with van der Waals surface area (Å²) in [6, 6.07) is 8.07. The molecule has 1 fully saturated rings. The molecule has 1 unspecified atom stereocenters. The third kappa shape index (κ3) is 3.73. The van der Waals surface area contributed by atoms with E-state index in [1.165, 1.54) is 4.90 Å². The smallest absolute Gasteiger partial charge is 0.0682 e. The summed E-state index contributed by atoms with van der Waals surface area (Å²) in [7, 11) is 0. The molecule has 1 N–H and O–H groups in total. The van der Waals surface area contributed by atoms with E-state index < -0.39 is 0 Å². The van der Waals surface area contributed by atoms with Crippen LogP contribution in [0.25, 0.3) is 0 Å². The minimum Gasteiger partial charge on any atom is -0.392 e. The Kier molecular flexibility index (Phi) is 4.13. The Labute approximate surface area is 107 Å². The Hall–Kier alpha value is -0.510. The van der Waals surface area contributed by atoms with E-state index in [0.29, 0.717) is 6.10 Å². The maximum atomic E-state index is 9.08. The SMILES string of the molecule is CC1(C)CCC(CSc2cccc(CO)c2)O1. The maximum absolute atomic E-state index is 9.08.